The lowest BCUT2D eigenvalue weighted by Gasteiger charge is -2.39. The molecule has 0 amide bonds. The molecule has 3 rings (SSSR count). The van der Waals surface area contributed by atoms with Crippen molar-refractivity contribution in [1.29, 1.82) is 0 Å². The average Bonchev–Trinajstić information content (AvgIpc) is 2.57. The van der Waals surface area contributed by atoms with E-state index in [9.17, 15) is 9.90 Å². The largest absolute Gasteiger partial charge is 0.394 e. The van der Waals surface area contributed by atoms with Crippen LogP contribution in [0.2, 0.25) is 5.02 Å². The number of halogens is 1. The van der Waals surface area contributed by atoms with Crippen LogP contribution in [0.15, 0.2) is 35.1 Å². The van der Waals surface area contributed by atoms with Gasteiger partial charge in [0.25, 0.3) is 5.56 Å². The second-order valence-corrected chi connectivity index (χ2v) is 6.40. The minimum absolute atomic E-state index is 0.0433. The molecule has 1 aromatic carbocycles. The fraction of sp³-hybridized carbons (Fsp3) is 0.412. The highest BCUT2D eigenvalue weighted by atomic mass is 35.5. The van der Waals surface area contributed by atoms with Crippen LogP contribution in [0.5, 0.6) is 0 Å². The van der Waals surface area contributed by atoms with Crippen LogP contribution in [0.3, 0.4) is 0 Å². The van der Waals surface area contributed by atoms with Gasteiger partial charge in [0.1, 0.15) is 11.6 Å². The summed E-state index contributed by atoms with van der Waals surface area (Å²) in [6.45, 7) is 4.95. The molecule has 24 heavy (non-hydrogen) atoms. The normalized spacial score (nSPS) is 17.0. The minimum Gasteiger partial charge on any atom is -0.394 e. The van der Waals surface area contributed by atoms with Crippen molar-refractivity contribution < 1.29 is 5.11 Å². The summed E-state index contributed by atoms with van der Waals surface area (Å²) in [5.74, 6) is 1.33. The van der Waals surface area contributed by atoms with E-state index in [1.165, 1.54) is 6.07 Å². The molecule has 1 atom stereocenters. The number of aliphatic hydroxyl groups excluding tert-OH is 1. The third kappa shape index (κ3) is 3.77. The molecule has 1 aromatic heterocycles. The van der Waals surface area contributed by atoms with E-state index < -0.39 is 0 Å². The van der Waals surface area contributed by atoms with E-state index in [2.05, 4.69) is 19.8 Å². The predicted octanol–water partition coefficient (Wildman–Crippen LogP) is 1.59. The summed E-state index contributed by atoms with van der Waals surface area (Å²) in [5.41, 5.74) is 0.926. The van der Waals surface area contributed by atoms with Gasteiger partial charge in [-0.15, -0.1) is 0 Å². The smallest absolute Gasteiger partial charge is 0.252 e. The van der Waals surface area contributed by atoms with Gasteiger partial charge in [-0.25, -0.2) is 4.98 Å². The molecule has 1 unspecified atom stereocenters. The van der Waals surface area contributed by atoms with E-state index in [0.29, 0.717) is 16.7 Å². The number of aryl methyl sites for hydroxylation is 1. The van der Waals surface area contributed by atoms with Crippen molar-refractivity contribution in [2.75, 3.05) is 37.7 Å². The number of hydrogen-bond acceptors (Lipinski definition) is 5. The van der Waals surface area contributed by atoms with Crippen molar-refractivity contribution in [3.05, 3.63) is 57.1 Å². The highest BCUT2D eigenvalue weighted by molar-refractivity contribution is 6.30. The van der Waals surface area contributed by atoms with E-state index in [-0.39, 0.29) is 18.2 Å². The third-order valence-corrected chi connectivity index (χ3v) is 4.61. The number of nitrogens with one attached hydrogen (secondary N) is 1. The molecular formula is C17H21ClN4O2. The van der Waals surface area contributed by atoms with Gasteiger partial charge in [-0.05, 0) is 24.6 Å². The Morgan fingerprint density at radius 3 is 2.50 bits per heavy atom. The van der Waals surface area contributed by atoms with Crippen LogP contribution in [0.25, 0.3) is 0 Å². The number of hydrogen-bond donors (Lipinski definition) is 2. The molecule has 2 aromatic rings. The lowest BCUT2D eigenvalue weighted by molar-refractivity contribution is 0.117. The Labute approximate surface area is 145 Å². The highest BCUT2D eigenvalue weighted by Crippen LogP contribution is 2.24. The number of H-pyrrole nitrogens is 1. The molecule has 7 heteroatoms. The summed E-state index contributed by atoms with van der Waals surface area (Å²) in [4.78, 5) is 23.0. The Balaban J connectivity index is 1.69. The van der Waals surface area contributed by atoms with Gasteiger partial charge < -0.3 is 15.0 Å². The van der Waals surface area contributed by atoms with Crippen molar-refractivity contribution >= 4 is 17.4 Å². The van der Waals surface area contributed by atoms with Crippen molar-refractivity contribution in [3.63, 3.8) is 0 Å². The molecule has 0 radical (unpaired) electrons. The summed E-state index contributed by atoms with van der Waals surface area (Å²) < 4.78 is 0. The summed E-state index contributed by atoms with van der Waals surface area (Å²) in [5, 5.41) is 10.5. The standard InChI is InChI=1S/C17H21ClN4O2/c1-12-19-16(10-17(24)20-12)22-8-6-21(7-9-22)15(11-23)13-2-4-14(18)5-3-13/h2-5,10,15,23H,6-9,11H2,1H3,(H,19,20,24). The maximum Gasteiger partial charge on any atom is 0.252 e. The zero-order chi connectivity index (χ0) is 17.1. The molecule has 0 bridgehead atoms. The lowest BCUT2D eigenvalue weighted by Crippen LogP contribution is -2.48. The van der Waals surface area contributed by atoms with Gasteiger partial charge in [0.15, 0.2) is 0 Å². The van der Waals surface area contributed by atoms with E-state index in [0.717, 1.165) is 31.7 Å². The van der Waals surface area contributed by atoms with Gasteiger partial charge in [-0.1, -0.05) is 23.7 Å². The van der Waals surface area contributed by atoms with Crippen LogP contribution in [-0.2, 0) is 0 Å². The summed E-state index contributed by atoms with van der Waals surface area (Å²) in [6, 6.07) is 9.09. The molecule has 1 aliphatic heterocycles. The number of nitrogens with zero attached hydrogens (tertiary/aromatic N) is 3. The van der Waals surface area contributed by atoms with Gasteiger partial charge in [0, 0.05) is 37.3 Å². The van der Waals surface area contributed by atoms with Gasteiger partial charge in [-0.2, -0.15) is 0 Å². The number of aliphatic hydroxyl groups is 1. The van der Waals surface area contributed by atoms with Gasteiger partial charge >= 0.3 is 0 Å². The SMILES string of the molecule is Cc1nc(N2CCN(C(CO)c3ccc(Cl)cc3)CC2)cc(=O)[nH]1. The number of rotatable bonds is 4. The first-order valence-corrected chi connectivity index (χ1v) is 8.38. The van der Waals surface area contributed by atoms with E-state index in [4.69, 9.17) is 11.6 Å². The minimum atomic E-state index is -0.130. The summed E-state index contributed by atoms with van der Waals surface area (Å²) in [7, 11) is 0. The van der Waals surface area contributed by atoms with Crippen molar-refractivity contribution in [2.24, 2.45) is 0 Å². The molecule has 2 heterocycles. The van der Waals surface area contributed by atoms with Crippen LogP contribution in [0, 0.1) is 6.92 Å². The maximum absolute atomic E-state index is 11.6. The molecule has 1 fully saturated rings. The number of aromatic amines is 1. The van der Waals surface area contributed by atoms with Crippen LogP contribution in [-0.4, -0.2) is 52.8 Å². The van der Waals surface area contributed by atoms with Gasteiger partial charge in [0.05, 0.1) is 12.6 Å². The summed E-state index contributed by atoms with van der Waals surface area (Å²) in [6.07, 6.45) is 0. The predicted molar refractivity (Wildman–Crippen MR) is 94.7 cm³/mol. The Kier molecular flexibility index (Phi) is 5.18. The average molecular weight is 349 g/mol. The van der Waals surface area contributed by atoms with E-state index >= 15 is 0 Å². The van der Waals surface area contributed by atoms with Crippen molar-refractivity contribution in [2.45, 2.75) is 13.0 Å². The molecule has 1 aliphatic rings. The first-order valence-electron chi connectivity index (χ1n) is 8.00. The number of piperazine rings is 1. The maximum atomic E-state index is 11.6. The topological polar surface area (TPSA) is 72.5 Å². The second kappa shape index (κ2) is 7.34. The Bertz CT molecular complexity index is 739. The number of benzene rings is 1. The molecule has 0 saturated carbocycles. The monoisotopic (exact) mass is 348 g/mol. The van der Waals surface area contributed by atoms with Crippen LogP contribution < -0.4 is 10.5 Å². The van der Waals surface area contributed by atoms with Gasteiger partial charge in [-0.3, -0.25) is 9.69 Å². The fourth-order valence-corrected chi connectivity index (χ4v) is 3.23. The first-order chi connectivity index (χ1) is 11.6. The number of anilines is 1. The molecule has 0 aliphatic carbocycles. The zero-order valence-corrected chi connectivity index (χ0v) is 14.3. The second-order valence-electron chi connectivity index (χ2n) is 5.96. The van der Waals surface area contributed by atoms with E-state index in [1.54, 1.807) is 6.92 Å². The highest BCUT2D eigenvalue weighted by Gasteiger charge is 2.25. The molecular weight excluding hydrogens is 328 g/mol. The summed E-state index contributed by atoms with van der Waals surface area (Å²) >= 11 is 5.94. The van der Waals surface area contributed by atoms with Crippen molar-refractivity contribution in [3.8, 4) is 0 Å². The van der Waals surface area contributed by atoms with E-state index in [1.807, 2.05) is 24.3 Å². The van der Waals surface area contributed by atoms with Crippen LogP contribution in [0.1, 0.15) is 17.4 Å². The fourth-order valence-electron chi connectivity index (χ4n) is 3.11. The van der Waals surface area contributed by atoms with Crippen LogP contribution in [0.4, 0.5) is 5.82 Å². The lowest BCUT2D eigenvalue weighted by atomic mass is 10.1. The molecule has 128 valence electrons. The Morgan fingerprint density at radius 1 is 1.25 bits per heavy atom. The van der Waals surface area contributed by atoms with Gasteiger partial charge in [0.2, 0.25) is 0 Å². The van der Waals surface area contributed by atoms with Crippen LogP contribution >= 0.6 is 11.6 Å². The zero-order valence-electron chi connectivity index (χ0n) is 13.6. The number of aromatic nitrogens is 2. The molecule has 6 nitrogen and oxygen atoms in total. The molecule has 0 spiro atoms. The quantitative estimate of drug-likeness (QED) is 0.877. The Morgan fingerprint density at radius 2 is 1.92 bits per heavy atom. The van der Waals surface area contributed by atoms with Crippen molar-refractivity contribution in [1.82, 2.24) is 14.9 Å². The third-order valence-electron chi connectivity index (χ3n) is 4.35. The molecule has 1 saturated heterocycles. The first kappa shape index (κ1) is 17.0. The molecule has 2 N–H and O–H groups in total. The Hall–Kier alpha value is -1.89.